The van der Waals surface area contributed by atoms with Gasteiger partial charge in [-0.1, -0.05) is 25.8 Å². The van der Waals surface area contributed by atoms with Gasteiger partial charge in [0.25, 0.3) is 0 Å². The van der Waals surface area contributed by atoms with Crippen molar-refractivity contribution < 1.29 is 4.42 Å². The summed E-state index contributed by atoms with van der Waals surface area (Å²) in [7, 11) is 0. The first kappa shape index (κ1) is 11.9. The molecule has 1 aromatic heterocycles. The van der Waals surface area contributed by atoms with Crippen LogP contribution in [0.3, 0.4) is 0 Å². The Balaban J connectivity index is 2.10. The SMILES string of the molecule is CCCCC(N)Cc1ccc2[nH]c(=O)oc2c1. The molecule has 0 aliphatic rings. The second-order valence-corrected chi connectivity index (χ2v) is 4.45. The number of H-pyrrole nitrogens is 1. The van der Waals surface area contributed by atoms with E-state index in [0.29, 0.717) is 5.58 Å². The van der Waals surface area contributed by atoms with Gasteiger partial charge in [-0.25, -0.2) is 4.79 Å². The molecule has 0 spiro atoms. The molecule has 0 fully saturated rings. The molecule has 0 aliphatic heterocycles. The lowest BCUT2D eigenvalue weighted by atomic mass is 10.0. The van der Waals surface area contributed by atoms with E-state index in [9.17, 15) is 4.79 Å². The molecule has 0 amide bonds. The smallest absolute Gasteiger partial charge is 0.408 e. The average molecular weight is 234 g/mol. The minimum atomic E-state index is -0.410. The van der Waals surface area contributed by atoms with E-state index in [-0.39, 0.29) is 6.04 Å². The molecule has 92 valence electrons. The average Bonchev–Trinajstić information content (AvgIpc) is 2.65. The van der Waals surface area contributed by atoms with Crippen molar-refractivity contribution in [3.63, 3.8) is 0 Å². The van der Waals surface area contributed by atoms with E-state index < -0.39 is 5.76 Å². The first-order valence-corrected chi connectivity index (χ1v) is 6.06. The predicted molar refractivity (Wildman–Crippen MR) is 68.0 cm³/mol. The molecule has 2 rings (SSSR count). The lowest BCUT2D eigenvalue weighted by molar-refractivity contribution is 0.553. The highest BCUT2D eigenvalue weighted by molar-refractivity contribution is 5.72. The van der Waals surface area contributed by atoms with Gasteiger partial charge in [0, 0.05) is 6.04 Å². The summed E-state index contributed by atoms with van der Waals surface area (Å²) in [4.78, 5) is 13.6. The fourth-order valence-electron chi connectivity index (χ4n) is 1.99. The number of nitrogens with two attached hydrogens (primary N) is 1. The van der Waals surface area contributed by atoms with E-state index in [1.165, 1.54) is 6.42 Å². The summed E-state index contributed by atoms with van der Waals surface area (Å²) in [6.45, 7) is 2.16. The summed E-state index contributed by atoms with van der Waals surface area (Å²) < 4.78 is 5.02. The third kappa shape index (κ3) is 2.97. The highest BCUT2D eigenvalue weighted by Crippen LogP contribution is 2.14. The predicted octanol–water partition coefficient (Wildman–Crippen LogP) is 2.18. The third-order valence-electron chi connectivity index (χ3n) is 2.91. The third-order valence-corrected chi connectivity index (χ3v) is 2.91. The highest BCUT2D eigenvalue weighted by atomic mass is 16.4. The maximum atomic E-state index is 11.0. The number of aromatic nitrogens is 1. The van der Waals surface area contributed by atoms with Crippen LogP contribution >= 0.6 is 0 Å². The van der Waals surface area contributed by atoms with E-state index >= 15 is 0 Å². The molecule has 0 aliphatic carbocycles. The van der Waals surface area contributed by atoms with Crippen LogP contribution in [0.4, 0.5) is 0 Å². The summed E-state index contributed by atoms with van der Waals surface area (Å²) in [5, 5.41) is 0. The van der Waals surface area contributed by atoms with Crippen molar-refractivity contribution in [2.75, 3.05) is 0 Å². The number of aromatic amines is 1. The molecule has 4 heteroatoms. The van der Waals surface area contributed by atoms with E-state index in [1.807, 2.05) is 18.2 Å². The maximum Gasteiger partial charge on any atom is 0.417 e. The summed E-state index contributed by atoms with van der Waals surface area (Å²) >= 11 is 0. The van der Waals surface area contributed by atoms with Crippen LogP contribution in [-0.2, 0) is 6.42 Å². The van der Waals surface area contributed by atoms with Crippen LogP contribution in [0.1, 0.15) is 31.7 Å². The van der Waals surface area contributed by atoms with Crippen molar-refractivity contribution in [3.8, 4) is 0 Å². The Morgan fingerprint density at radius 1 is 1.47 bits per heavy atom. The molecular weight excluding hydrogens is 216 g/mol. The number of unbranched alkanes of at least 4 members (excludes halogenated alkanes) is 1. The van der Waals surface area contributed by atoms with Crippen LogP contribution in [0.5, 0.6) is 0 Å². The topological polar surface area (TPSA) is 72.0 Å². The van der Waals surface area contributed by atoms with Gasteiger partial charge in [0.2, 0.25) is 0 Å². The van der Waals surface area contributed by atoms with Crippen LogP contribution in [-0.4, -0.2) is 11.0 Å². The van der Waals surface area contributed by atoms with Crippen molar-refractivity contribution >= 4 is 11.1 Å². The fourth-order valence-corrected chi connectivity index (χ4v) is 1.99. The van der Waals surface area contributed by atoms with Crippen LogP contribution in [0.15, 0.2) is 27.4 Å². The second kappa shape index (κ2) is 5.19. The number of oxazole rings is 1. The summed E-state index contributed by atoms with van der Waals surface area (Å²) in [5.74, 6) is -0.410. The second-order valence-electron chi connectivity index (χ2n) is 4.45. The Bertz CT molecular complexity index is 542. The molecule has 0 saturated carbocycles. The molecule has 1 unspecified atom stereocenters. The largest absolute Gasteiger partial charge is 0.417 e. The molecule has 0 saturated heterocycles. The molecule has 4 nitrogen and oxygen atoms in total. The van der Waals surface area contributed by atoms with Gasteiger partial charge in [-0.2, -0.15) is 0 Å². The van der Waals surface area contributed by atoms with Gasteiger partial charge in [0.05, 0.1) is 5.52 Å². The van der Waals surface area contributed by atoms with Crippen molar-refractivity contribution in [3.05, 3.63) is 34.3 Å². The van der Waals surface area contributed by atoms with E-state index in [4.69, 9.17) is 10.2 Å². The zero-order valence-corrected chi connectivity index (χ0v) is 10.0. The number of benzene rings is 1. The monoisotopic (exact) mass is 234 g/mol. The highest BCUT2D eigenvalue weighted by Gasteiger charge is 2.06. The van der Waals surface area contributed by atoms with Crippen LogP contribution in [0.25, 0.3) is 11.1 Å². The van der Waals surface area contributed by atoms with Gasteiger partial charge in [0.15, 0.2) is 5.58 Å². The minimum absolute atomic E-state index is 0.179. The molecule has 0 radical (unpaired) electrons. The van der Waals surface area contributed by atoms with Crippen LogP contribution in [0, 0.1) is 0 Å². The molecule has 1 aromatic carbocycles. The van der Waals surface area contributed by atoms with E-state index in [0.717, 1.165) is 30.3 Å². The first-order chi connectivity index (χ1) is 8.19. The van der Waals surface area contributed by atoms with Gasteiger partial charge in [-0.15, -0.1) is 0 Å². The number of nitrogens with one attached hydrogen (secondary N) is 1. The Labute approximate surface area is 99.8 Å². The summed E-state index contributed by atoms with van der Waals surface area (Å²) in [6.07, 6.45) is 4.18. The Hall–Kier alpha value is -1.55. The molecule has 1 atom stereocenters. The van der Waals surface area contributed by atoms with Gasteiger partial charge >= 0.3 is 5.76 Å². The van der Waals surface area contributed by atoms with Crippen molar-refractivity contribution in [1.82, 2.24) is 4.98 Å². The zero-order valence-electron chi connectivity index (χ0n) is 10.0. The van der Waals surface area contributed by atoms with E-state index in [2.05, 4.69) is 11.9 Å². The number of fused-ring (bicyclic) bond motifs is 1. The molecule has 1 heterocycles. The van der Waals surface area contributed by atoms with Gasteiger partial charge in [0.1, 0.15) is 0 Å². The quantitative estimate of drug-likeness (QED) is 0.832. The molecule has 3 N–H and O–H groups in total. The molecule has 17 heavy (non-hydrogen) atoms. The fraction of sp³-hybridized carbons (Fsp3) is 0.462. The Kier molecular flexibility index (Phi) is 3.64. The van der Waals surface area contributed by atoms with Gasteiger partial charge in [-0.05, 0) is 30.5 Å². The zero-order chi connectivity index (χ0) is 12.3. The Morgan fingerprint density at radius 3 is 3.06 bits per heavy atom. The Morgan fingerprint density at radius 2 is 2.29 bits per heavy atom. The lowest BCUT2D eigenvalue weighted by Gasteiger charge is -2.10. The van der Waals surface area contributed by atoms with E-state index in [1.54, 1.807) is 0 Å². The first-order valence-electron chi connectivity index (χ1n) is 6.06. The minimum Gasteiger partial charge on any atom is -0.408 e. The summed E-state index contributed by atoms with van der Waals surface area (Å²) in [5.41, 5.74) is 8.50. The number of hydrogen-bond acceptors (Lipinski definition) is 3. The number of hydrogen-bond donors (Lipinski definition) is 2. The molecule has 2 aromatic rings. The van der Waals surface area contributed by atoms with Gasteiger partial charge in [-0.3, -0.25) is 4.98 Å². The molecular formula is C13H18N2O2. The van der Waals surface area contributed by atoms with Crippen molar-refractivity contribution in [2.45, 2.75) is 38.6 Å². The standard InChI is InChI=1S/C13H18N2O2/c1-2-3-4-10(14)7-9-5-6-11-12(8-9)17-13(16)15-11/h5-6,8,10H,2-4,7,14H2,1H3,(H,15,16). The van der Waals surface area contributed by atoms with Crippen LogP contribution in [0.2, 0.25) is 0 Å². The maximum absolute atomic E-state index is 11.0. The van der Waals surface area contributed by atoms with Gasteiger partial charge < -0.3 is 10.2 Å². The molecule has 0 bridgehead atoms. The van der Waals surface area contributed by atoms with Crippen molar-refractivity contribution in [1.29, 1.82) is 0 Å². The van der Waals surface area contributed by atoms with Crippen molar-refractivity contribution in [2.24, 2.45) is 5.73 Å². The lowest BCUT2D eigenvalue weighted by Crippen LogP contribution is -2.22. The number of rotatable bonds is 5. The van der Waals surface area contributed by atoms with Crippen LogP contribution < -0.4 is 11.5 Å². The summed E-state index contributed by atoms with van der Waals surface area (Å²) in [6, 6.07) is 5.92. The normalized spacial score (nSPS) is 13.1.